The number of hydrogen-bond acceptors (Lipinski definition) is 6. The Hall–Kier alpha value is -3.72. The summed E-state index contributed by atoms with van der Waals surface area (Å²) in [5, 5.41) is 9.23. The quantitative estimate of drug-likeness (QED) is 0.467. The summed E-state index contributed by atoms with van der Waals surface area (Å²) in [5.74, 6) is 1.17. The average Bonchev–Trinajstić information content (AvgIpc) is 3.49. The number of halogens is 1. The van der Waals surface area contributed by atoms with Crippen LogP contribution < -0.4 is 14.8 Å². The zero-order chi connectivity index (χ0) is 21.2. The lowest BCUT2D eigenvalue weighted by atomic mass is 10.2. The zero-order valence-electron chi connectivity index (χ0n) is 16.2. The Kier molecular flexibility index (Phi) is 5.09. The van der Waals surface area contributed by atoms with Gasteiger partial charge in [0.2, 0.25) is 17.7 Å². The summed E-state index contributed by atoms with van der Waals surface area (Å²) in [6.45, 7) is 0.650. The molecule has 7 nitrogen and oxygen atoms in total. The SMILES string of the molecule is O=C(/C=C/c1ccc2c(c1)OCO2)NCCc1csc2nc(-c3ccccc3F)nn12. The minimum absolute atomic E-state index is 0.199. The molecule has 1 aliphatic rings. The maximum Gasteiger partial charge on any atom is 0.244 e. The van der Waals surface area contributed by atoms with E-state index in [9.17, 15) is 9.18 Å². The van der Waals surface area contributed by atoms with Crippen LogP contribution in [0.25, 0.3) is 22.4 Å². The number of hydrogen-bond donors (Lipinski definition) is 1. The topological polar surface area (TPSA) is 77.8 Å². The largest absolute Gasteiger partial charge is 0.454 e. The van der Waals surface area contributed by atoms with Crippen LogP contribution in [-0.2, 0) is 11.2 Å². The Balaban J connectivity index is 1.20. The van der Waals surface area contributed by atoms with E-state index < -0.39 is 0 Å². The van der Waals surface area contributed by atoms with Gasteiger partial charge in [0, 0.05) is 24.4 Å². The van der Waals surface area contributed by atoms with E-state index in [0.717, 1.165) is 11.3 Å². The first-order chi connectivity index (χ1) is 15.2. The lowest BCUT2D eigenvalue weighted by Crippen LogP contribution is -2.23. The number of nitrogens with one attached hydrogen (secondary N) is 1. The second kappa shape index (κ2) is 8.19. The molecule has 156 valence electrons. The highest BCUT2D eigenvalue weighted by Crippen LogP contribution is 2.32. The number of thiazole rings is 1. The second-order valence-corrected chi connectivity index (χ2v) is 7.66. The van der Waals surface area contributed by atoms with E-state index in [4.69, 9.17) is 9.47 Å². The number of fused-ring (bicyclic) bond motifs is 2. The van der Waals surface area contributed by atoms with E-state index >= 15 is 0 Å². The van der Waals surface area contributed by atoms with E-state index in [1.54, 1.807) is 28.8 Å². The number of benzene rings is 2. The molecule has 0 saturated heterocycles. The Morgan fingerprint density at radius 3 is 3.00 bits per heavy atom. The number of nitrogens with zero attached hydrogens (tertiary/aromatic N) is 3. The predicted octanol–water partition coefficient (Wildman–Crippen LogP) is 3.70. The molecule has 0 fully saturated rings. The number of carbonyl (C=O) groups is 1. The van der Waals surface area contributed by atoms with Crippen molar-refractivity contribution in [2.24, 2.45) is 0 Å². The third kappa shape index (κ3) is 3.99. The van der Waals surface area contributed by atoms with Crippen LogP contribution in [0.1, 0.15) is 11.3 Å². The minimum atomic E-state index is -0.358. The van der Waals surface area contributed by atoms with Crippen molar-refractivity contribution in [3.8, 4) is 22.9 Å². The summed E-state index contributed by atoms with van der Waals surface area (Å²) >= 11 is 1.43. The zero-order valence-corrected chi connectivity index (χ0v) is 17.1. The molecule has 2 aromatic carbocycles. The van der Waals surface area contributed by atoms with Gasteiger partial charge in [-0.3, -0.25) is 4.79 Å². The first-order valence-electron chi connectivity index (χ1n) is 9.61. The van der Waals surface area contributed by atoms with E-state index in [-0.39, 0.29) is 18.5 Å². The number of amides is 1. The van der Waals surface area contributed by atoms with Gasteiger partial charge in [-0.05, 0) is 35.9 Å². The Morgan fingerprint density at radius 2 is 2.10 bits per heavy atom. The molecule has 1 N–H and O–H groups in total. The number of carbonyl (C=O) groups excluding carboxylic acids is 1. The second-order valence-electron chi connectivity index (χ2n) is 6.82. The van der Waals surface area contributed by atoms with Crippen molar-refractivity contribution in [2.75, 3.05) is 13.3 Å². The molecule has 0 bridgehead atoms. The van der Waals surface area contributed by atoms with Gasteiger partial charge in [-0.1, -0.05) is 18.2 Å². The average molecular weight is 436 g/mol. The van der Waals surface area contributed by atoms with Gasteiger partial charge in [-0.2, -0.15) is 4.98 Å². The van der Waals surface area contributed by atoms with E-state index in [1.807, 2.05) is 23.6 Å². The van der Waals surface area contributed by atoms with Crippen LogP contribution in [0.4, 0.5) is 4.39 Å². The van der Waals surface area contributed by atoms with E-state index in [2.05, 4.69) is 15.4 Å². The lowest BCUT2D eigenvalue weighted by molar-refractivity contribution is -0.116. The third-order valence-corrected chi connectivity index (χ3v) is 5.63. The highest BCUT2D eigenvalue weighted by molar-refractivity contribution is 7.15. The molecule has 1 aliphatic heterocycles. The molecule has 1 amide bonds. The fourth-order valence-electron chi connectivity index (χ4n) is 3.21. The van der Waals surface area contributed by atoms with Gasteiger partial charge in [-0.25, -0.2) is 8.91 Å². The van der Waals surface area contributed by atoms with Crippen molar-refractivity contribution >= 4 is 28.3 Å². The molecule has 0 spiro atoms. The van der Waals surface area contributed by atoms with Crippen LogP contribution in [0.2, 0.25) is 0 Å². The van der Waals surface area contributed by atoms with Crippen molar-refractivity contribution in [2.45, 2.75) is 6.42 Å². The fourth-order valence-corrected chi connectivity index (χ4v) is 4.07. The van der Waals surface area contributed by atoms with Gasteiger partial charge < -0.3 is 14.8 Å². The summed E-state index contributed by atoms with van der Waals surface area (Å²) in [5.41, 5.74) is 2.11. The number of ether oxygens (including phenoxy) is 2. The van der Waals surface area contributed by atoms with Crippen LogP contribution in [-0.4, -0.2) is 33.8 Å². The fraction of sp³-hybridized carbons (Fsp3) is 0.136. The van der Waals surface area contributed by atoms with Gasteiger partial charge in [0.25, 0.3) is 0 Å². The molecule has 3 heterocycles. The number of rotatable bonds is 6. The third-order valence-electron chi connectivity index (χ3n) is 4.77. The maximum absolute atomic E-state index is 14.0. The van der Waals surface area contributed by atoms with Gasteiger partial charge in [0.1, 0.15) is 5.82 Å². The van der Waals surface area contributed by atoms with Crippen molar-refractivity contribution in [3.63, 3.8) is 0 Å². The molecule has 0 aliphatic carbocycles. The van der Waals surface area contributed by atoms with Crippen LogP contribution in [0.3, 0.4) is 0 Å². The van der Waals surface area contributed by atoms with E-state index in [0.29, 0.717) is 40.8 Å². The molecule has 2 aromatic heterocycles. The monoisotopic (exact) mass is 436 g/mol. The molecule has 0 atom stereocenters. The van der Waals surface area contributed by atoms with Gasteiger partial charge in [0.15, 0.2) is 17.3 Å². The summed E-state index contributed by atoms with van der Waals surface area (Å²) in [6, 6.07) is 11.9. The minimum Gasteiger partial charge on any atom is -0.454 e. The van der Waals surface area contributed by atoms with Crippen LogP contribution >= 0.6 is 11.3 Å². The van der Waals surface area contributed by atoms with E-state index in [1.165, 1.54) is 23.5 Å². The molecular formula is C22H17FN4O3S. The first kappa shape index (κ1) is 19.3. The molecule has 0 radical (unpaired) electrons. The molecule has 5 rings (SSSR count). The van der Waals surface area contributed by atoms with Crippen LogP contribution in [0, 0.1) is 5.82 Å². The van der Waals surface area contributed by atoms with Crippen LogP contribution in [0.15, 0.2) is 53.9 Å². The summed E-state index contributed by atoms with van der Waals surface area (Å²) in [6.07, 6.45) is 3.77. The van der Waals surface area contributed by atoms with Gasteiger partial charge >= 0.3 is 0 Å². The molecule has 4 aromatic rings. The standard InChI is InChI=1S/C22H17FN4O3S/c23-17-4-2-1-3-16(17)21-25-22-27(26-21)15(12-31-22)9-10-24-20(28)8-6-14-5-7-18-19(11-14)30-13-29-18/h1-8,11-12H,9-10,13H2,(H,24,28)/b8-6+. The van der Waals surface area contributed by atoms with Gasteiger partial charge in [0.05, 0.1) is 11.3 Å². The highest BCUT2D eigenvalue weighted by atomic mass is 32.1. The Morgan fingerprint density at radius 1 is 1.23 bits per heavy atom. The summed E-state index contributed by atoms with van der Waals surface area (Å²) in [4.78, 5) is 17.2. The first-order valence-corrected chi connectivity index (χ1v) is 10.5. The van der Waals surface area contributed by atoms with Gasteiger partial charge in [-0.15, -0.1) is 16.4 Å². The van der Waals surface area contributed by atoms with Crippen LogP contribution in [0.5, 0.6) is 11.5 Å². The van der Waals surface area contributed by atoms with Crippen molar-refractivity contribution in [3.05, 3.63) is 71.0 Å². The highest BCUT2D eigenvalue weighted by Gasteiger charge is 2.14. The normalized spacial score (nSPS) is 12.7. The van der Waals surface area contributed by atoms with Crippen molar-refractivity contribution in [1.29, 1.82) is 0 Å². The smallest absolute Gasteiger partial charge is 0.244 e. The Labute approximate surface area is 180 Å². The predicted molar refractivity (Wildman–Crippen MR) is 115 cm³/mol. The molecule has 31 heavy (non-hydrogen) atoms. The Bertz CT molecular complexity index is 1300. The molecular weight excluding hydrogens is 419 g/mol. The summed E-state index contributed by atoms with van der Waals surface area (Å²) < 4.78 is 26.3. The lowest BCUT2D eigenvalue weighted by Gasteiger charge is -2.02. The van der Waals surface area contributed by atoms with Crippen molar-refractivity contribution < 1.29 is 18.7 Å². The molecule has 0 unspecified atom stereocenters. The molecule has 0 saturated carbocycles. The molecule has 9 heteroatoms. The maximum atomic E-state index is 14.0. The number of aromatic nitrogens is 3. The van der Waals surface area contributed by atoms with Crippen molar-refractivity contribution in [1.82, 2.24) is 19.9 Å². The summed E-state index contributed by atoms with van der Waals surface area (Å²) in [7, 11) is 0.